The number of H-pyrrole nitrogens is 1. The van der Waals surface area contributed by atoms with Crippen LogP contribution in [-0.4, -0.2) is 28.9 Å². The molecular formula is C19H16Cl2FN3OS. The first kappa shape index (κ1) is 18.5. The Labute approximate surface area is 170 Å². The molecular weight excluding hydrogens is 408 g/mol. The molecule has 2 N–H and O–H groups in total. The minimum absolute atomic E-state index is 0.114. The van der Waals surface area contributed by atoms with E-state index in [0.29, 0.717) is 20.5 Å². The lowest BCUT2D eigenvalue weighted by Gasteiger charge is -2.15. The second kappa shape index (κ2) is 7.62. The number of halogens is 3. The molecule has 1 aliphatic rings. The van der Waals surface area contributed by atoms with Crippen molar-refractivity contribution < 1.29 is 9.18 Å². The number of nitrogens with zero attached hydrogens (tertiary/aromatic N) is 1. The number of fused-ring (bicyclic) bond motifs is 1. The van der Waals surface area contributed by atoms with Gasteiger partial charge in [0.25, 0.3) is 5.91 Å². The summed E-state index contributed by atoms with van der Waals surface area (Å²) in [5.41, 5.74) is 1.87. The molecule has 0 atom stereocenters. The van der Waals surface area contributed by atoms with Gasteiger partial charge in [0.05, 0.1) is 26.1 Å². The quantitative estimate of drug-likeness (QED) is 0.508. The molecule has 1 fully saturated rings. The van der Waals surface area contributed by atoms with E-state index in [4.69, 9.17) is 23.2 Å². The van der Waals surface area contributed by atoms with Gasteiger partial charge in [-0.25, -0.2) is 4.39 Å². The fourth-order valence-corrected chi connectivity index (χ4v) is 4.42. The maximum absolute atomic E-state index is 14.5. The third-order valence-corrected chi connectivity index (χ3v) is 6.07. The van der Waals surface area contributed by atoms with E-state index in [1.165, 1.54) is 6.07 Å². The summed E-state index contributed by atoms with van der Waals surface area (Å²) in [4.78, 5) is 17.6. The van der Waals surface area contributed by atoms with Crippen molar-refractivity contribution in [3.63, 3.8) is 0 Å². The lowest BCUT2D eigenvalue weighted by molar-refractivity contribution is 0.0792. The van der Waals surface area contributed by atoms with Crippen molar-refractivity contribution in [1.29, 1.82) is 0 Å². The molecule has 1 saturated heterocycles. The molecule has 1 aromatic heterocycles. The third kappa shape index (κ3) is 3.61. The highest BCUT2D eigenvalue weighted by Gasteiger charge is 2.20. The fourth-order valence-electron chi connectivity index (χ4n) is 3.18. The Morgan fingerprint density at radius 3 is 2.67 bits per heavy atom. The Morgan fingerprint density at radius 2 is 1.93 bits per heavy atom. The highest BCUT2D eigenvalue weighted by molar-refractivity contribution is 8.00. The van der Waals surface area contributed by atoms with Crippen molar-refractivity contribution in [3.8, 4) is 0 Å². The highest BCUT2D eigenvalue weighted by atomic mass is 35.5. The number of amides is 1. The molecule has 1 amide bonds. The number of benzene rings is 2. The van der Waals surface area contributed by atoms with E-state index in [2.05, 4.69) is 9.71 Å². The standard InChI is InChI=1S/C19H16Cl2FN3OS/c20-12-4-5-15(18-17(12)13(21)10-23-18)24-27-16-6-3-11(9-14(16)22)19(26)25-7-1-2-8-25/h3-6,9-10,23-24H,1-2,7-8H2. The molecule has 0 aliphatic carbocycles. The summed E-state index contributed by atoms with van der Waals surface area (Å²) < 4.78 is 17.6. The molecule has 4 nitrogen and oxygen atoms in total. The monoisotopic (exact) mass is 423 g/mol. The first-order chi connectivity index (χ1) is 13.0. The summed E-state index contributed by atoms with van der Waals surface area (Å²) in [6.45, 7) is 1.48. The molecule has 0 unspecified atom stereocenters. The Hall–Kier alpha value is -1.89. The summed E-state index contributed by atoms with van der Waals surface area (Å²) in [7, 11) is 0. The van der Waals surface area contributed by atoms with Gasteiger partial charge >= 0.3 is 0 Å². The number of carbonyl (C=O) groups is 1. The Bertz CT molecular complexity index is 1020. The van der Waals surface area contributed by atoms with Gasteiger partial charge in [0, 0.05) is 30.2 Å². The number of hydrogen-bond donors (Lipinski definition) is 2. The average Bonchev–Trinajstić information content (AvgIpc) is 3.32. The largest absolute Gasteiger partial charge is 0.358 e. The molecule has 3 aromatic rings. The highest BCUT2D eigenvalue weighted by Crippen LogP contribution is 2.36. The van der Waals surface area contributed by atoms with Gasteiger partial charge in [0.15, 0.2) is 0 Å². The molecule has 0 saturated carbocycles. The zero-order valence-corrected chi connectivity index (χ0v) is 16.5. The van der Waals surface area contributed by atoms with Crippen LogP contribution < -0.4 is 4.72 Å². The second-order valence-electron chi connectivity index (χ2n) is 6.33. The number of hydrogen-bond acceptors (Lipinski definition) is 3. The number of carbonyl (C=O) groups excluding carboxylic acids is 1. The number of rotatable bonds is 4. The third-order valence-electron chi connectivity index (χ3n) is 4.58. The normalized spacial score (nSPS) is 14.1. The molecule has 1 aliphatic heterocycles. The molecule has 140 valence electrons. The van der Waals surface area contributed by atoms with Crippen LogP contribution in [0.15, 0.2) is 41.4 Å². The minimum atomic E-state index is -0.438. The first-order valence-electron chi connectivity index (χ1n) is 8.51. The van der Waals surface area contributed by atoms with Gasteiger partial charge in [-0.15, -0.1) is 0 Å². The minimum Gasteiger partial charge on any atom is -0.358 e. The summed E-state index contributed by atoms with van der Waals surface area (Å²) in [6.07, 6.45) is 3.67. The Morgan fingerprint density at radius 1 is 1.15 bits per heavy atom. The van der Waals surface area contributed by atoms with Crippen LogP contribution in [0.1, 0.15) is 23.2 Å². The van der Waals surface area contributed by atoms with Gasteiger partial charge in [-0.05, 0) is 55.1 Å². The van der Waals surface area contributed by atoms with Crippen LogP contribution in [0.25, 0.3) is 10.9 Å². The van der Waals surface area contributed by atoms with Crippen molar-refractivity contribution in [1.82, 2.24) is 9.88 Å². The number of anilines is 1. The first-order valence-corrected chi connectivity index (χ1v) is 10.1. The molecule has 8 heteroatoms. The van der Waals surface area contributed by atoms with Crippen molar-refractivity contribution in [3.05, 3.63) is 58.0 Å². The number of likely N-dealkylation sites (tertiary alicyclic amines) is 1. The van der Waals surface area contributed by atoms with Crippen LogP contribution in [0.5, 0.6) is 0 Å². The topological polar surface area (TPSA) is 48.1 Å². The van der Waals surface area contributed by atoms with Crippen molar-refractivity contribution >= 4 is 57.6 Å². The van der Waals surface area contributed by atoms with Gasteiger partial charge in [0.1, 0.15) is 5.82 Å². The summed E-state index contributed by atoms with van der Waals surface area (Å²) in [5, 5.41) is 1.79. The van der Waals surface area contributed by atoms with Gasteiger partial charge in [-0.2, -0.15) is 0 Å². The van der Waals surface area contributed by atoms with Crippen LogP contribution in [0, 0.1) is 5.82 Å². The molecule has 27 heavy (non-hydrogen) atoms. The molecule has 0 radical (unpaired) electrons. The molecule has 2 heterocycles. The van der Waals surface area contributed by atoms with Gasteiger partial charge in [0.2, 0.25) is 0 Å². The number of nitrogens with one attached hydrogen (secondary N) is 2. The van der Waals surface area contributed by atoms with Crippen LogP contribution >= 0.6 is 35.1 Å². The predicted molar refractivity (Wildman–Crippen MR) is 109 cm³/mol. The van der Waals surface area contributed by atoms with E-state index in [0.717, 1.165) is 54.5 Å². The summed E-state index contributed by atoms with van der Waals surface area (Å²) >= 11 is 13.5. The maximum atomic E-state index is 14.5. The number of aromatic nitrogens is 1. The Kier molecular flexibility index (Phi) is 5.21. The van der Waals surface area contributed by atoms with Crippen molar-refractivity contribution in [2.45, 2.75) is 17.7 Å². The fraction of sp³-hybridized carbons (Fsp3) is 0.211. The van der Waals surface area contributed by atoms with E-state index in [9.17, 15) is 9.18 Å². The van der Waals surface area contributed by atoms with E-state index < -0.39 is 5.82 Å². The maximum Gasteiger partial charge on any atom is 0.253 e. The molecule has 0 spiro atoms. The Balaban J connectivity index is 1.52. The molecule has 2 aromatic carbocycles. The number of aromatic amines is 1. The smallest absolute Gasteiger partial charge is 0.253 e. The zero-order valence-electron chi connectivity index (χ0n) is 14.2. The summed E-state index contributed by atoms with van der Waals surface area (Å²) in [6, 6.07) is 8.11. The molecule has 4 rings (SSSR count). The van der Waals surface area contributed by atoms with E-state index in [1.54, 1.807) is 35.4 Å². The average molecular weight is 424 g/mol. The zero-order chi connectivity index (χ0) is 19.0. The lowest BCUT2D eigenvalue weighted by Crippen LogP contribution is -2.27. The van der Waals surface area contributed by atoms with Crippen LogP contribution in [0.4, 0.5) is 10.1 Å². The molecule has 0 bridgehead atoms. The predicted octanol–water partition coefficient (Wildman–Crippen LogP) is 5.97. The van der Waals surface area contributed by atoms with Crippen molar-refractivity contribution in [2.75, 3.05) is 17.8 Å². The van der Waals surface area contributed by atoms with Crippen LogP contribution in [0.3, 0.4) is 0 Å². The van der Waals surface area contributed by atoms with Gasteiger partial charge < -0.3 is 14.6 Å². The van der Waals surface area contributed by atoms with Gasteiger partial charge in [-0.3, -0.25) is 4.79 Å². The second-order valence-corrected chi connectivity index (χ2v) is 7.99. The lowest BCUT2D eigenvalue weighted by atomic mass is 10.2. The van der Waals surface area contributed by atoms with E-state index >= 15 is 0 Å². The summed E-state index contributed by atoms with van der Waals surface area (Å²) in [5.74, 6) is -0.552. The van der Waals surface area contributed by atoms with Crippen molar-refractivity contribution in [2.24, 2.45) is 0 Å². The van der Waals surface area contributed by atoms with Crippen LogP contribution in [-0.2, 0) is 0 Å². The van der Waals surface area contributed by atoms with Crippen LogP contribution in [0.2, 0.25) is 10.0 Å². The van der Waals surface area contributed by atoms with E-state index in [-0.39, 0.29) is 5.91 Å². The SMILES string of the molecule is O=C(c1ccc(SNc2ccc(Cl)c3c(Cl)c[nH]c23)c(F)c1)N1CCCC1. The van der Waals surface area contributed by atoms with E-state index in [1.807, 2.05) is 0 Å². The van der Waals surface area contributed by atoms with Gasteiger partial charge in [-0.1, -0.05) is 23.2 Å².